The quantitative estimate of drug-likeness (QED) is 0.700. The molecule has 0 unspecified atom stereocenters. The van der Waals surface area contributed by atoms with Crippen LogP contribution < -0.4 is 10.6 Å². The normalized spacial score (nSPS) is 10.3. The first-order valence-electron chi connectivity index (χ1n) is 5.09. The fourth-order valence-corrected chi connectivity index (χ4v) is 1.25. The van der Waals surface area contributed by atoms with Gasteiger partial charge in [-0.1, -0.05) is 0 Å². The smallest absolute Gasteiger partial charge is 0.225 e. The molecule has 0 saturated carbocycles. The van der Waals surface area contributed by atoms with Gasteiger partial charge in [-0.25, -0.2) is 9.97 Å². The van der Waals surface area contributed by atoms with Gasteiger partial charge in [0, 0.05) is 32.6 Å². The van der Waals surface area contributed by atoms with Gasteiger partial charge >= 0.3 is 0 Å². The molecule has 0 spiro atoms. The number of aromatic nitrogens is 2. The minimum absolute atomic E-state index is 0.669. The molecular formula is C10H18N4O. The molecule has 0 saturated heterocycles. The predicted molar refractivity (Wildman–Crippen MR) is 59.8 cm³/mol. The highest BCUT2D eigenvalue weighted by Crippen LogP contribution is 2.04. The van der Waals surface area contributed by atoms with E-state index in [1.165, 1.54) is 0 Å². The standard InChI is InChI=1S/C10H18N4O/c1-15-9-8-14(7-2-4-11)10-12-5-3-6-13-10/h3,5-6H,2,4,7-9,11H2,1H3. The monoisotopic (exact) mass is 210 g/mol. The first kappa shape index (κ1) is 11.9. The summed E-state index contributed by atoms with van der Waals surface area (Å²) in [7, 11) is 1.69. The molecule has 0 atom stereocenters. The summed E-state index contributed by atoms with van der Waals surface area (Å²) in [5, 5.41) is 0. The number of anilines is 1. The topological polar surface area (TPSA) is 64.3 Å². The van der Waals surface area contributed by atoms with Gasteiger partial charge in [0.1, 0.15) is 0 Å². The maximum absolute atomic E-state index is 5.48. The second-order valence-corrected chi connectivity index (χ2v) is 3.17. The van der Waals surface area contributed by atoms with Gasteiger partial charge in [-0.05, 0) is 19.0 Å². The van der Waals surface area contributed by atoms with Crippen LogP contribution in [0, 0.1) is 0 Å². The Morgan fingerprint density at radius 1 is 1.33 bits per heavy atom. The molecule has 0 radical (unpaired) electrons. The Balaban J connectivity index is 2.55. The second kappa shape index (κ2) is 7.14. The number of nitrogens with two attached hydrogens (primary N) is 1. The molecular weight excluding hydrogens is 192 g/mol. The first-order chi connectivity index (χ1) is 7.38. The summed E-state index contributed by atoms with van der Waals surface area (Å²) in [6.45, 7) is 3.00. The molecule has 2 N–H and O–H groups in total. The van der Waals surface area contributed by atoms with Crippen LogP contribution in [0.15, 0.2) is 18.5 Å². The molecule has 5 nitrogen and oxygen atoms in total. The third-order valence-electron chi connectivity index (χ3n) is 2.03. The Morgan fingerprint density at radius 2 is 2.07 bits per heavy atom. The van der Waals surface area contributed by atoms with Crippen molar-refractivity contribution in [2.24, 2.45) is 5.73 Å². The molecule has 1 heterocycles. The van der Waals surface area contributed by atoms with Gasteiger partial charge in [-0.3, -0.25) is 0 Å². The van der Waals surface area contributed by atoms with Crippen molar-refractivity contribution >= 4 is 5.95 Å². The van der Waals surface area contributed by atoms with Crippen LogP contribution in [0.25, 0.3) is 0 Å². The van der Waals surface area contributed by atoms with Crippen molar-refractivity contribution in [3.63, 3.8) is 0 Å². The van der Waals surface area contributed by atoms with E-state index in [-0.39, 0.29) is 0 Å². The molecule has 1 rings (SSSR count). The summed E-state index contributed by atoms with van der Waals surface area (Å²) < 4.78 is 5.05. The summed E-state index contributed by atoms with van der Waals surface area (Å²) in [5.41, 5.74) is 5.48. The summed E-state index contributed by atoms with van der Waals surface area (Å²) in [5.74, 6) is 0.739. The SMILES string of the molecule is COCCN(CCCN)c1ncccn1. The lowest BCUT2D eigenvalue weighted by atomic mass is 10.4. The molecule has 0 amide bonds. The molecule has 0 aliphatic heterocycles. The van der Waals surface area contributed by atoms with E-state index in [0.717, 1.165) is 25.5 Å². The largest absolute Gasteiger partial charge is 0.383 e. The number of rotatable bonds is 7. The Kier molecular flexibility index (Phi) is 5.65. The van der Waals surface area contributed by atoms with Gasteiger partial charge in [0.2, 0.25) is 5.95 Å². The van der Waals surface area contributed by atoms with Crippen molar-refractivity contribution in [2.45, 2.75) is 6.42 Å². The highest BCUT2D eigenvalue weighted by Gasteiger charge is 2.07. The maximum atomic E-state index is 5.48. The number of hydrogen-bond acceptors (Lipinski definition) is 5. The van der Waals surface area contributed by atoms with Crippen molar-refractivity contribution < 1.29 is 4.74 Å². The predicted octanol–water partition coefficient (Wildman–Crippen LogP) is 0.278. The van der Waals surface area contributed by atoms with Gasteiger partial charge in [0.25, 0.3) is 0 Å². The van der Waals surface area contributed by atoms with E-state index in [1.54, 1.807) is 25.6 Å². The van der Waals surface area contributed by atoms with Crippen LogP contribution in [-0.2, 0) is 4.74 Å². The van der Waals surface area contributed by atoms with Crippen LogP contribution in [0.1, 0.15) is 6.42 Å². The van der Waals surface area contributed by atoms with E-state index in [1.807, 2.05) is 0 Å². The molecule has 0 bridgehead atoms. The van der Waals surface area contributed by atoms with Gasteiger partial charge in [0.05, 0.1) is 6.61 Å². The Morgan fingerprint density at radius 3 is 2.67 bits per heavy atom. The van der Waals surface area contributed by atoms with E-state index >= 15 is 0 Å². The molecule has 1 aromatic heterocycles. The molecule has 1 aromatic rings. The Labute approximate surface area is 90.3 Å². The van der Waals surface area contributed by atoms with Crippen molar-refractivity contribution in [1.29, 1.82) is 0 Å². The molecule has 0 fully saturated rings. The van der Waals surface area contributed by atoms with Crippen LogP contribution in [-0.4, -0.2) is 43.3 Å². The number of methoxy groups -OCH3 is 1. The highest BCUT2D eigenvalue weighted by atomic mass is 16.5. The fourth-order valence-electron chi connectivity index (χ4n) is 1.25. The van der Waals surface area contributed by atoms with E-state index in [9.17, 15) is 0 Å². The third-order valence-corrected chi connectivity index (χ3v) is 2.03. The zero-order valence-electron chi connectivity index (χ0n) is 9.09. The van der Waals surface area contributed by atoms with Crippen molar-refractivity contribution in [3.05, 3.63) is 18.5 Å². The van der Waals surface area contributed by atoms with Gasteiger partial charge in [0.15, 0.2) is 0 Å². The van der Waals surface area contributed by atoms with Crippen molar-refractivity contribution in [1.82, 2.24) is 9.97 Å². The molecule has 84 valence electrons. The van der Waals surface area contributed by atoms with Crippen molar-refractivity contribution in [3.8, 4) is 0 Å². The number of hydrogen-bond donors (Lipinski definition) is 1. The Hall–Kier alpha value is -1.20. The van der Waals surface area contributed by atoms with E-state index in [2.05, 4.69) is 14.9 Å². The van der Waals surface area contributed by atoms with Crippen molar-refractivity contribution in [2.75, 3.05) is 38.3 Å². The molecule has 0 aliphatic carbocycles. The fraction of sp³-hybridized carbons (Fsp3) is 0.600. The average Bonchev–Trinajstić information content (AvgIpc) is 2.30. The molecule has 0 aliphatic rings. The van der Waals surface area contributed by atoms with Gasteiger partial charge in [-0.2, -0.15) is 0 Å². The minimum Gasteiger partial charge on any atom is -0.383 e. The third kappa shape index (κ3) is 4.22. The van der Waals surface area contributed by atoms with Crippen LogP contribution in [0.4, 0.5) is 5.95 Å². The number of ether oxygens (including phenoxy) is 1. The van der Waals surface area contributed by atoms with Gasteiger partial charge < -0.3 is 15.4 Å². The zero-order valence-corrected chi connectivity index (χ0v) is 9.09. The zero-order chi connectivity index (χ0) is 10.9. The number of nitrogens with zero attached hydrogens (tertiary/aromatic N) is 3. The second-order valence-electron chi connectivity index (χ2n) is 3.17. The van der Waals surface area contributed by atoms with E-state index < -0.39 is 0 Å². The van der Waals surface area contributed by atoms with Crippen LogP contribution in [0.3, 0.4) is 0 Å². The maximum Gasteiger partial charge on any atom is 0.225 e. The van der Waals surface area contributed by atoms with Crippen LogP contribution in [0.5, 0.6) is 0 Å². The summed E-state index contributed by atoms with van der Waals surface area (Å²) >= 11 is 0. The lowest BCUT2D eigenvalue weighted by molar-refractivity contribution is 0.205. The molecule has 5 heteroatoms. The lowest BCUT2D eigenvalue weighted by Gasteiger charge is -2.21. The minimum atomic E-state index is 0.669. The van der Waals surface area contributed by atoms with E-state index in [4.69, 9.17) is 10.5 Å². The average molecular weight is 210 g/mol. The highest BCUT2D eigenvalue weighted by molar-refractivity contribution is 5.27. The lowest BCUT2D eigenvalue weighted by Crippen LogP contribution is -2.31. The Bertz CT molecular complexity index is 247. The molecule has 0 aromatic carbocycles. The van der Waals surface area contributed by atoms with Gasteiger partial charge in [-0.15, -0.1) is 0 Å². The van der Waals surface area contributed by atoms with Crippen LogP contribution >= 0.6 is 0 Å². The summed E-state index contributed by atoms with van der Waals surface area (Å²) in [4.78, 5) is 10.5. The van der Waals surface area contributed by atoms with E-state index in [0.29, 0.717) is 13.2 Å². The molecule has 15 heavy (non-hydrogen) atoms. The summed E-state index contributed by atoms with van der Waals surface area (Å²) in [6, 6.07) is 1.81. The first-order valence-corrected chi connectivity index (χ1v) is 5.09. The van der Waals surface area contributed by atoms with Crippen LogP contribution in [0.2, 0.25) is 0 Å². The summed E-state index contributed by atoms with van der Waals surface area (Å²) in [6.07, 6.45) is 4.41.